The third kappa shape index (κ3) is 10.7. The summed E-state index contributed by atoms with van der Waals surface area (Å²) in [6.07, 6.45) is 16.9. The van der Waals surface area contributed by atoms with Crippen LogP contribution in [0.4, 0.5) is 0 Å². The van der Waals surface area contributed by atoms with Crippen LogP contribution < -0.4 is 5.79 Å². The quantitative estimate of drug-likeness (QED) is 0.133. The average Bonchev–Trinajstić information content (AvgIpc) is 3.31. The minimum atomic E-state index is -1.82. The second kappa shape index (κ2) is 13.6. The Hall–Kier alpha value is 0.997. The second-order valence-electron chi connectivity index (χ2n) is 11.2. The van der Waals surface area contributed by atoms with E-state index in [1.165, 1.54) is 77.0 Å². The van der Waals surface area contributed by atoms with Crippen molar-refractivity contribution in [3.63, 3.8) is 0 Å². The summed E-state index contributed by atoms with van der Waals surface area (Å²) in [5.41, 5.74) is 3.23. The molecule has 2 aromatic heterocycles. The van der Waals surface area contributed by atoms with E-state index in [-0.39, 0.29) is 0 Å². The van der Waals surface area contributed by atoms with Gasteiger partial charge in [0.1, 0.15) is 0 Å². The Morgan fingerprint density at radius 1 is 0.500 bits per heavy atom. The van der Waals surface area contributed by atoms with Gasteiger partial charge in [-0.2, -0.15) is 0 Å². The molecule has 0 bridgehead atoms. The van der Waals surface area contributed by atoms with Crippen molar-refractivity contribution in [2.75, 3.05) is 0 Å². The van der Waals surface area contributed by atoms with Gasteiger partial charge in [0.2, 0.25) is 0 Å². The molecule has 0 saturated carbocycles. The first kappa shape index (κ1) is 27.2. The fourth-order valence-corrected chi connectivity index (χ4v) is 16.5. The minimum absolute atomic E-state index is 1.31. The van der Waals surface area contributed by atoms with E-state index in [1.807, 2.05) is 22.7 Å². The summed E-state index contributed by atoms with van der Waals surface area (Å²) in [6, 6.07) is 5.07. The summed E-state index contributed by atoms with van der Waals surface area (Å²) in [6.45, 7) is 0. The number of rotatable bonds is 15. The summed E-state index contributed by atoms with van der Waals surface area (Å²) in [4.78, 5) is 15.2. The van der Waals surface area contributed by atoms with Gasteiger partial charge in [0.25, 0.3) is 0 Å². The van der Waals surface area contributed by atoms with Crippen LogP contribution in [0, 0.1) is 0 Å². The molecule has 0 aliphatic carbocycles. The predicted octanol–water partition coefficient (Wildman–Crippen LogP) is 8.59. The summed E-state index contributed by atoms with van der Waals surface area (Å²) < 4.78 is 3.48. The van der Waals surface area contributed by atoms with Crippen molar-refractivity contribution < 1.29 is 0 Å². The Kier molecular flexibility index (Phi) is 12.4. The number of unbranched alkanes of at least 4 members (excludes halogenated alkanes) is 9. The van der Waals surface area contributed by atoms with E-state index in [0.29, 0.717) is 0 Å². The van der Waals surface area contributed by atoms with Crippen LogP contribution in [0.15, 0.2) is 22.9 Å². The van der Waals surface area contributed by atoms with E-state index in [2.05, 4.69) is 52.5 Å². The molecular weight excluding hydrogens is 614 g/mol. The number of thiophene rings is 2. The third-order valence-electron chi connectivity index (χ3n) is 5.97. The maximum atomic E-state index is 2.53. The van der Waals surface area contributed by atoms with E-state index < -0.39 is 36.8 Å². The van der Waals surface area contributed by atoms with E-state index in [9.17, 15) is 0 Å². The van der Waals surface area contributed by atoms with Crippen molar-refractivity contribution in [1.29, 1.82) is 0 Å². The molecule has 4 heteroatoms. The summed E-state index contributed by atoms with van der Waals surface area (Å²) in [7, 11) is 0. The van der Waals surface area contributed by atoms with Gasteiger partial charge in [-0.05, 0) is 0 Å². The molecule has 30 heavy (non-hydrogen) atoms. The molecule has 0 aromatic carbocycles. The van der Waals surface area contributed by atoms with Crippen molar-refractivity contribution >= 4 is 65.2 Å². The Bertz CT molecular complexity index is 654. The molecular formula is C26H46S2Sn2. The zero-order valence-corrected chi connectivity index (χ0v) is 28.0. The monoisotopic (exact) mass is 662 g/mol. The van der Waals surface area contributed by atoms with Gasteiger partial charge in [0.05, 0.1) is 0 Å². The van der Waals surface area contributed by atoms with Crippen molar-refractivity contribution in [3.8, 4) is 0 Å². The van der Waals surface area contributed by atoms with Gasteiger partial charge in [0.15, 0.2) is 0 Å². The molecule has 0 radical (unpaired) electrons. The van der Waals surface area contributed by atoms with E-state index >= 15 is 0 Å². The van der Waals surface area contributed by atoms with E-state index in [4.69, 9.17) is 0 Å². The van der Waals surface area contributed by atoms with E-state index in [0.717, 1.165) is 0 Å². The summed E-state index contributed by atoms with van der Waals surface area (Å²) in [5, 5.41) is 4.87. The first-order chi connectivity index (χ1) is 14.2. The van der Waals surface area contributed by atoms with Crippen LogP contribution in [0.1, 0.15) is 75.3 Å². The fraction of sp³-hybridized carbons (Fsp3) is 0.692. The zero-order chi connectivity index (χ0) is 22.0. The molecule has 0 spiro atoms. The third-order valence-corrected chi connectivity index (χ3v) is 27.0. The zero-order valence-electron chi connectivity index (χ0n) is 20.6. The molecule has 0 N–H and O–H groups in total. The Labute approximate surface area is 204 Å². The standard InChI is InChI=1S/C20H28S2.6CH3.2Sn/c1(3-5-7-9-11-19-13-15-21-17-19)2-4-6-8-10-12-20-14-16-22-18-20;;;;;;;;/h13-14,17-18H,1-12H2;6*1H3;;. The van der Waals surface area contributed by atoms with Crippen LogP contribution in [0.25, 0.3) is 0 Å². The van der Waals surface area contributed by atoms with Crippen LogP contribution in [0.2, 0.25) is 29.6 Å². The van der Waals surface area contributed by atoms with Crippen molar-refractivity contribution in [2.24, 2.45) is 0 Å². The van der Waals surface area contributed by atoms with Crippen molar-refractivity contribution in [1.82, 2.24) is 0 Å². The molecule has 170 valence electrons. The van der Waals surface area contributed by atoms with Gasteiger partial charge in [-0.1, -0.05) is 0 Å². The number of aryl methyl sites for hydroxylation is 2. The molecule has 0 aliphatic heterocycles. The van der Waals surface area contributed by atoms with Gasteiger partial charge < -0.3 is 0 Å². The molecule has 0 aliphatic rings. The van der Waals surface area contributed by atoms with Crippen LogP contribution in [0.5, 0.6) is 0 Å². The topological polar surface area (TPSA) is 0 Å². The molecule has 0 unspecified atom stereocenters. The molecule has 2 aromatic rings. The van der Waals surface area contributed by atoms with Gasteiger partial charge in [-0.15, -0.1) is 0 Å². The maximum absolute atomic E-state index is 2.53. The Morgan fingerprint density at radius 3 is 1.07 bits per heavy atom. The van der Waals surface area contributed by atoms with Gasteiger partial charge >= 0.3 is 206 Å². The van der Waals surface area contributed by atoms with Crippen LogP contribution in [-0.4, -0.2) is 36.8 Å². The van der Waals surface area contributed by atoms with Crippen LogP contribution in [-0.2, 0) is 12.8 Å². The number of hydrogen-bond donors (Lipinski definition) is 0. The van der Waals surface area contributed by atoms with Gasteiger partial charge in [-0.25, -0.2) is 0 Å². The van der Waals surface area contributed by atoms with Gasteiger partial charge in [-0.3, -0.25) is 0 Å². The van der Waals surface area contributed by atoms with Crippen molar-refractivity contribution in [2.45, 2.75) is 107 Å². The van der Waals surface area contributed by atoms with Crippen LogP contribution >= 0.6 is 22.7 Å². The first-order valence-corrected chi connectivity index (χ1v) is 34.1. The number of hydrogen-bond acceptors (Lipinski definition) is 2. The molecule has 2 heterocycles. The Morgan fingerprint density at radius 2 is 0.800 bits per heavy atom. The van der Waals surface area contributed by atoms with Crippen LogP contribution in [0.3, 0.4) is 0 Å². The second-order valence-corrected chi connectivity index (χ2v) is 43.8. The molecule has 0 saturated heterocycles. The van der Waals surface area contributed by atoms with Crippen molar-refractivity contribution in [3.05, 3.63) is 34.0 Å². The SMILES string of the molecule is [CH3][Sn]([CH3])([CH3])[c]1cc(CCCCCCCCCCCCc2cs[c]([Sn]([CH3])([CH3])[CH3])c2)cs1. The summed E-state index contributed by atoms with van der Waals surface area (Å²) >= 11 is 0.438. The predicted molar refractivity (Wildman–Crippen MR) is 148 cm³/mol. The van der Waals surface area contributed by atoms with Gasteiger partial charge in [0, 0.05) is 0 Å². The fourth-order valence-electron chi connectivity index (χ4n) is 3.87. The molecule has 0 nitrogen and oxygen atoms in total. The average molecular weight is 660 g/mol. The summed E-state index contributed by atoms with van der Waals surface area (Å²) in [5.74, 6) is 0. The first-order valence-electron chi connectivity index (χ1n) is 12.3. The Balaban J connectivity index is 1.40. The molecule has 2 rings (SSSR count). The molecule has 0 amide bonds. The molecule has 0 atom stereocenters. The van der Waals surface area contributed by atoms with E-state index in [1.54, 1.807) is 16.9 Å². The molecule has 0 fully saturated rings. The normalized spacial score (nSPS) is 12.6.